The minimum Gasteiger partial charge on any atom is -0.490 e. The van der Waals surface area contributed by atoms with Crippen molar-refractivity contribution >= 4 is 46.3 Å². The third kappa shape index (κ3) is 5.18. The third-order valence-electron chi connectivity index (χ3n) is 4.25. The monoisotopic (exact) mass is 462 g/mol. The number of ether oxygens (including phenoxy) is 2. The lowest BCUT2D eigenvalue weighted by molar-refractivity contribution is -0.384. The zero-order valence-electron chi connectivity index (χ0n) is 16.8. The first kappa shape index (κ1) is 22.6. The van der Waals surface area contributed by atoms with E-state index >= 15 is 0 Å². The number of hydrogen-bond acceptors (Lipinski definition) is 7. The quantitative estimate of drug-likeness (QED) is 0.299. The second-order valence-electron chi connectivity index (χ2n) is 6.39. The topological polar surface area (TPSA) is 99.0 Å². The predicted molar refractivity (Wildman–Crippen MR) is 118 cm³/mol. The molecule has 0 radical (unpaired) electrons. The van der Waals surface area contributed by atoms with Crippen LogP contribution in [0.4, 0.5) is 10.5 Å². The lowest BCUT2D eigenvalue weighted by Gasteiger charge is -2.13. The lowest BCUT2D eigenvalue weighted by atomic mass is 10.1. The fourth-order valence-electron chi connectivity index (χ4n) is 2.96. The molecule has 1 saturated heterocycles. The zero-order chi connectivity index (χ0) is 22.5. The summed E-state index contributed by atoms with van der Waals surface area (Å²) in [5.41, 5.74) is 0.964. The maximum Gasteiger partial charge on any atom is 0.293 e. The SMILES string of the molecule is CCOc1cc(/C=C2\SC(=O)N(Cc3cccc([N+](=O)[O-])c3)C2=O)cc(Cl)c1OCC. The smallest absolute Gasteiger partial charge is 0.293 e. The Hall–Kier alpha value is -3.04. The van der Waals surface area contributed by atoms with Crippen LogP contribution in [0.1, 0.15) is 25.0 Å². The molecular weight excluding hydrogens is 444 g/mol. The van der Waals surface area contributed by atoms with E-state index in [2.05, 4.69) is 0 Å². The van der Waals surface area contributed by atoms with Crippen LogP contribution in [0.5, 0.6) is 11.5 Å². The summed E-state index contributed by atoms with van der Waals surface area (Å²) in [5, 5.41) is 10.8. The van der Waals surface area contributed by atoms with Crippen LogP contribution >= 0.6 is 23.4 Å². The van der Waals surface area contributed by atoms with Crippen LogP contribution in [0.2, 0.25) is 5.02 Å². The Bertz CT molecular complexity index is 1070. The van der Waals surface area contributed by atoms with Crippen molar-refractivity contribution in [3.8, 4) is 11.5 Å². The summed E-state index contributed by atoms with van der Waals surface area (Å²) in [4.78, 5) is 36.9. The molecule has 0 N–H and O–H groups in total. The van der Waals surface area contributed by atoms with E-state index in [-0.39, 0.29) is 17.1 Å². The van der Waals surface area contributed by atoms with Crippen LogP contribution in [0, 0.1) is 10.1 Å². The summed E-state index contributed by atoms with van der Waals surface area (Å²) in [6.07, 6.45) is 1.56. The Morgan fingerprint density at radius 3 is 2.58 bits per heavy atom. The van der Waals surface area contributed by atoms with Crippen LogP contribution < -0.4 is 9.47 Å². The number of imide groups is 1. The van der Waals surface area contributed by atoms with Gasteiger partial charge in [0.2, 0.25) is 0 Å². The summed E-state index contributed by atoms with van der Waals surface area (Å²) in [7, 11) is 0. The van der Waals surface area contributed by atoms with Crippen molar-refractivity contribution in [1.82, 2.24) is 4.90 Å². The number of carbonyl (C=O) groups is 2. The highest BCUT2D eigenvalue weighted by molar-refractivity contribution is 8.18. The van der Waals surface area contributed by atoms with Crippen LogP contribution in [-0.4, -0.2) is 34.2 Å². The second kappa shape index (κ2) is 9.84. The average molecular weight is 463 g/mol. The molecule has 3 rings (SSSR count). The number of carbonyl (C=O) groups excluding carboxylic acids is 2. The van der Waals surface area contributed by atoms with Gasteiger partial charge in [-0.15, -0.1) is 0 Å². The molecule has 0 aliphatic carbocycles. The number of halogens is 1. The number of non-ortho nitro benzene ring substituents is 1. The first-order chi connectivity index (χ1) is 14.8. The number of amides is 2. The Labute approximate surface area is 187 Å². The molecule has 2 amide bonds. The molecule has 8 nitrogen and oxygen atoms in total. The molecule has 0 atom stereocenters. The number of hydrogen-bond donors (Lipinski definition) is 0. The zero-order valence-corrected chi connectivity index (χ0v) is 18.4. The van der Waals surface area contributed by atoms with E-state index in [0.717, 1.165) is 16.7 Å². The molecule has 31 heavy (non-hydrogen) atoms. The maximum absolute atomic E-state index is 12.8. The molecule has 0 unspecified atom stereocenters. The van der Waals surface area contributed by atoms with E-state index in [9.17, 15) is 19.7 Å². The van der Waals surface area contributed by atoms with Crippen molar-refractivity contribution in [2.45, 2.75) is 20.4 Å². The minimum atomic E-state index is -0.525. The Morgan fingerprint density at radius 1 is 1.16 bits per heavy atom. The number of nitro groups is 1. The molecule has 2 aromatic rings. The highest BCUT2D eigenvalue weighted by atomic mass is 35.5. The summed E-state index contributed by atoms with van der Waals surface area (Å²) in [6, 6.07) is 9.15. The summed E-state index contributed by atoms with van der Waals surface area (Å²) in [5.74, 6) is 0.380. The van der Waals surface area contributed by atoms with Crippen molar-refractivity contribution in [3.05, 3.63) is 67.6 Å². The molecule has 0 aromatic heterocycles. The van der Waals surface area contributed by atoms with Gasteiger partial charge >= 0.3 is 0 Å². The van der Waals surface area contributed by atoms with Gasteiger partial charge in [-0.3, -0.25) is 24.6 Å². The van der Waals surface area contributed by atoms with Gasteiger partial charge < -0.3 is 9.47 Å². The molecule has 1 fully saturated rings. The van der Waals surface area contributed by atoms with Gasteiger partial charge in [-0.05, 0) is 54.9 Å². The largest absolute Gasteiger partial charge is 0.490 e. The first-order valence-electron chi connectivity index (χ1n) is 9.41. The van der Waals surface area contributed by atoms with Crippen LogP contribution in [0.25, 0.3) is 6.08 Å². The molecule has 162 valence electrons. The summed E-state index contributed by atoms with van der Waals surface area (Å²) < 4.78 is 11.1. The van der Waals surface area contributed by atoms with Crippen LogP contribution in [0.3, 0.4) is 0 Å². The number of rotatable bonds is 8. The van der Waals surface area contributed by atoms with Gasteiger partial charge in [0, 0.05) is 12.1 Å². The standard InChI is InChI=1S/C21H19ClN2O6S/c1-3-29-17-10-14(9-16(22)19(17)30-4-2)11-18-20(25)23(21(26)31-18)12-13-6-5-7-15(8-13)24(27)28/h5-11H,3-4,12H2,1-2H3/b18-11-. The first-order valence-corrected chi connectivity index (χ1v) is 10.6. The Kier molecular flexibility index (Phi) is 7.19. The third-order valence-corrected chi connectivity index (χ3v) is 5.44. The molecule has 10 heteroatoms. The highest BCUT2D eigenvalue weighted by Crippen LogP contribution is 2.39. The molecule has 1 aliphatic rings. The molecule has 2 aromatic carbocycles. The Morgan fingerprint density at radius 2 is 1.90 bits per heavy atom. The van der Waals surface area contributed by atoms with Crippen LogP contribution in [-0.2, 0) is 11.3 Å². The number of nitro benzene ring substituents is 1. The van der Waals surface area contributed by atoms with E-state index in [0.29, 0.717) is 40.9 Å². The lowest BCUT2D eigenvalue weighted by Crippen LogP contribution is -2.27. The molecule has 0 spiro atoms. The normalized spacial score (nSPS) is 14.9. The van der Waals surface area contributed by atoms with Gasteiger partial charge in [-0.25, -0.2) is 0 Å². The molecule has 1 aliphatic heterocycles. The van der Waals surface area contributed by atoms with E-state index in [1.54, 1.807) is 24.3 Å². The average Bonchev–Trinajstić information content (AvgIpc) is 2.98. The number of thioether (sulfide) groups is 1. The van der Waals surface area contributed by atoms with Crippen molar-refractivity contribution in [2.24, 2.45) is 0 Å². The predicted octanol–water partition coefficient (Wildman–Crippen LogP) is 5.28. The van der Waals surface area contributed by atoms with Gasteiger partial charge in [0.1, 0.15) is 0 Å². The molecule has 0 bridgehead atoms. The van der Waals surface area contributed by atoms with Gasteiger partial charge in [0.15, 0.2) is 11.5 Å². The van der Waals surface area contributed by atoms with E-state index in [4.69, 9.17) is 21.1 Å². The van der Waals surface area contributed by atoms with E-state index in [1.807, 2.05) is 13.8 Å². The van der Waals surface area contributed by atoms with Crippen molar-refractivity contribution in [1.29, 1.82) is 0 Å². The fourth-order valence-corrected chi connectivity index (χ4v) is 4.07. The summed E-state index contributed by atoms with van der Waals surface area (Å²) >= 11 is 7.11. The van der Waals surface area contributed by atoms with Crippen molar-refractivity contribution < 1.29 is 24.0 Å². The molecular formula is C21H19ClN2O6S. The van der Waals surface area contributed by atoms with E-state index < -0.39 is 16.1 Å². The Balaban J connectivity index is 1.86. The molecule has 1 heterocycles. The number of nitrogens with zero attached hydrogens (tertiary/aromatic N) is 2. The molecule has 0 saturated carbocycles. The van der Waals surface area contributed by atoms with Crippen molar-refractivity contribution in [3.63, 3.8) is 0 Å². The van der Waals surface area contributed by atoms with Crippen molar-refractivity contribution in [2.75, 3.05) is 13.2 Å². The van der Waals surface area contributed by atoms with E-state index in [1.165, 1.54) is 18.2 Å². The number of benzene rings is 2. The van der Waals surface area contributed by atoms with Gasteiger partial charge in [-0.2, -0.15) is 0 Å². The highest BCUT2D eigenvalue weighted by Gasteiger charge is 2.35. The fraction of sp³-hybridized carbons (Fsp3) is 0.238. The summed E-state index contributed by atoms with van der Waals surface area (Å²) in [6.45, 7) is 4.42. The maximum atomic E-state index is 12.8. The minimum absolute atomic E-state index is 0.0576. The second-order valence-corrected chi connectivity index (χ2v) is 7.79. The van der Waals surface area contributed by atoms with Gasteiger partial charge in [-0.1, -0.05) is 23.7 Å². The van der Waals surface area contributed by atoms with Crippen LogP contribution in [0.15, 0.2) is 41.3 Å². The van der Waals surface area contributed by atoms with Gasteiger partial charge in [0.05, 0.1) is 34.6 Å². The van der Waals surface area contributed by atoms with Gasteiger partial charge in [0.25, 0.3) is 16.8 Å².